The number of hydrogen-bond donors (Lipinski definition) is 1. The van der Waals surface area contributed by atoms with Crippen LogP contribution in [0.2, 0.25) is 0 Å². The molecule has 0 aromatic heterocycles. The van der Waals surface area contributed by atoms with Crippen molar-refractivity contribution < 1.29 is 23.7 Å². The van der Waals surface area contributed by atoms with Gasteiger partial charge in [-0.3, -0.25) is 4.79 Å². The van der Waals surface area contributed by atoms with Gasteiger partial charge in [-0.25, -0.2) is 5.43 Å². The van der Waals surface area contributed by atoms with Crippen molar-refractivity contribution in [2.24, 2.45) is 5.10 Å². The molecule has 0 heterocycles. The van der Waals surface area contributed by atoms with Crippen LogP contribution in [0.1, 0.15) is 41.8 Å². The van der Waals surface area contributed by atoms with Gasteiger partial charge in [0.1, 0.15) is 6.61 Å². The van der Waals surface area contributed by atoms with E-state index >= 15 is 0 Å². The molecular formula is C31H31IN2O5. The average molecular weight is 639 g/mol. The third-order valence-corrected chi connectivity index (χ3v) is 6.65. The van der Waals surface area contributed by atoms with Crippen molar-refractivity contribution in [3.8, 4) is 23.0 Å². The fourth-order valence-electron chi connectivity index (χ4n) is 4.00. The minimum absolute atomic E-state index is 0.360. The van der Waals surface area contributed by atoms with E-state index in [1.54, 1.807) is 31.5 Å². The maximum Gasteiger partial charge on any atom is 0.271 e. The lowest BCUT2D eigenvalue weighted by atomic mass is 10.1. The predicted octanol–water partition coefficient (Wildman–Crippen LogP) is 6.98. The zero-order chi connectivity index (χ0) is 27.6. The van der Waals surface area contributed by atoms with E-state index in [2.05, 4.69) is 57.4 Å². The summed E-state index contributed by atoms with van der Waals surface area (Å²) >= 11 is 2.23. The van der Waals surface area contributed by atoms with E-state index in [1.807, 2.05) is 44.2 Å². The van der Waals surface area contributed by atoms with Crippen LogP contribution in [0, 0.1) is 3.57 Å². The molecule has 4 rings (SSSR count). The molecular weight excluding hydrogens is 607 g/mol. The van der Waals surface area contributed by atoms with Gasteiger partial charge >= 0.3 is 0 Å². The molecule has 0 aliphatic heterocycles. The van der Waals surface area contributed by atoms with Crippen LogP contribution in [-0.2, 0) is 6.61 Å². The second-order valence-corrected chi connectivity index (χ2v) is 9.77. The molecule has 4 aromatic carbocycles. The minimum Gasteiger partial charge on any atom is -0.493 e. The standard InChI is InChI=1S/C31H31IN2O5/c1-4-15-38-27-14-13-23(18-28(27)36-3)31(35)34-33-19-21-16-26(32)30(29(17-21)37-5-2)39-20-24-11-8-10-22-9-6-7-12-25(22)24/h6-14,16-19H,4-5,15,20H2,1-3H3,(H,34,35)/b33-19+. The Labute approximate surface area is 242 Å². The molecule has 0 saturated heterocycles. The first-order valence-electron chi connectivity index (χ1n) is 12.7. The van der Waals surface area contributed by atoms with Gasteiger partial charge in [-0.15, -0.1) is 0 Å². The van der Waals surface area contributed by atoms with E-state index in [0.29, 0.717) is 48.4 Å². The number of hydrogen-bond acceptors (Lipinski definition) is 6. The molecule has 0 fully saturated rings. The summed E-state index contributed by atoms with van der Waals surface area (Å²) in [6.07, 6.45) is 2.45. The molecule has 0 spiro atoms. The van der Waals surface area contributed by atoms with Gasteiger partial charge in [0.2, 0.25) is 0 Å². The molecule has 202 valence electrons. The monoisotopic (exact) mass is 638 g/mol. The van der Waals surface area contributed by atoms with Crippen molar-refractivity contribution in [3.05, 3.63) is 93.1 Å². The smallest absolute Gasteiger partial charge is 0.271 e. The lowest BCUT2D eigenvalue weighted by Crippen LogP contribution is -2.17. The maximum absolute atomic E-state index is 12.7. The molecule has 1 amide bonds. The molecule has 7 nitrogen and oxygen atoms in total. The summed E-state index contributed by atoms with van der Waals surface area (Å²) in [5, 5.41) is 6.48. The predicted molar refractivity (Wildman–Crippen MR) is 162 cm³/mol. The quantitative estimate of drug-likeness (QED) is 0.103. The Hall–Kier alpha value is -3.79. The number of rotatable bonds is 12. The topological polar surface area (TPSA) is 78.4 Å². The van der Waals surface area contributed by atoms with Gasteiger partial charge in [0.15, 0.2) is 23.0 Å². The first kappa shape index (κ1) is 28.2. The summed E-state index contributed by atoms with van der Waals surface area (Å²) in [7, 11) is 1.54. The number of carbonyl (C=O) groups is 1. The molecule has 1 N–H and O–H groups in total. The zero-order valence-electron chi connectivity index (χ0n) is 22.2. The lowest BCUT2D eigenvalue weighted by Gasteiger charge is -2.15. The van der Waals surface area contributed by atoms with Gasteiger partial charge in [-0.1, -0.05) is 49.4 Å². The third-order valence-electron chi connectivity index (χ3n) is 5.85. The summed E-state index contributed by atoms with van der Waals surface area (Å²) in [4.78, 5) is 12.7. The summed E-state index contributed by atoms with van der Waals surface area (Å²) in [5.74, 6) is 2.02. The molecule has 0 aliphatic rings. The van der Waals surface area contributed by atoms with Gasteiger partial charge in [-0.05, 0) is 88.2 Å². The van der Waals surface area contributed by atoms with Crippen LogP contribution in [0.5, 0.6) is 23.0 Å². The van der Waals surface area contributed by atoms with Crippen LogP contribution in [0.3, 0.4) is 0 Å². The number of halogens is 1. The van der Waals surface area contributed by atoms with Crippen LogP contribution < -0.4 is 24.4 Å². The van der Waals surface area contributed by atoms with Crippen LogP contribution >= 0.6 is 22.6 Å². The first-order chi connectivity index (χ1) is 19.0. The zero-order valence-corrected chi connectivity index (χ0v) is 24.4. The normalized spacial score (nSPS) is 11.0. The third kappa shape index (κ3) is 7.20. The highest BCUT2D eigenvalue weighted by molar-refractivity contribution is 14.1. The Morgan fingerprint density at radius 2 is 1.74 bits per heavy atom. The number of ether oxygens (including phenoxy) is 4. The molecule has 0 atom stereocenters. The minimum atomic E-state index is -0.360. The van der Waals surface area contributed by atoms with Crippen LogP contribution in [-0.4, -0.2) is 32.4 Å². The van der Waals surface area contributed by atoms with Crippen molar-refractivity contribution in [1.82, 2.24) is 5.43 Å². The van der Waals surface area contributed by atoms with Crippen molar-refractivity contribution in [2.75, 3.05) is 20.3 Å². The Balaban J connectivity index is 1.46. The van der Waals surface area contributed by atoms with Gasteiger partial charge in [-0.2, -0.15) is 5.10 Å². The number of nitrogens with one attached hydrogen (secondary N) is 1. The molecule has 0 unspecified atom stereocenters. The number of methoxy groups -OCH3 is 1. The highest BCUT2D eigenvalue weighted by atomic mass is 127. The van der Waals surface area contributed by atoms with Crippen molar-refractivity contribution >= 4 is 45.5 Å². The summed E-state index contributed by atoms with van der Waals surface area (Å²) in [5.41, 5.74) is 4.85. The number of amides is 1. The summed E-state index contributed by atoms with van der Waals surface area (Å²) < 4.78 is 24.0. The largest absolute Gasteiger partial charge is 0.493 e. The van der Waals surface area contributed by atoms with E-state index in [4.69, 9.17) is 18.9 Å². The molecule has 0 saturated carbocycles. The van der Waals surface area contributed by atoms with E-state index in [0.717, 1.165) is 26.5 Å². The highest BCUT2D eigenvalue weighted by Crippen LogP contribution is 2.35. The lowest BCUT2D eigenvalue weighted by molar-refractivity contribution is 0.0954. The molecule has 0 bridgehead atoms. The Morgan fingerprint density at radius 3 is 2.54 bits per heavy atom. The van der Waals surface area contributed by atoms with Gasteiger partial charge in [0.05, 0.1) is 30.1 Å². The Bertz CT molecular complexity index is 1470. The summed E-state index contributed by atoms with van der Waals surface area (Å²) in [6, 6.07) is 23.3. The van der Waals surface area contributed by atoms with Gasteiger partial charge < -0.3 is 18.9 Å². The molecule has 4 aromatic rings. The first-order valence-corrected chi connectivity index (χ1v) is 13.8. The molecule has 0 radical (unpaired) electrons. The number of nitrogens with zero attached hydrogens (tertiary/aromatic N) is 1. The number of benzene rings is 4. The fraction of sp³-hybridized carbons (Fsp3) is 0.226. The summed E-state index contributed by atoms with van der Waals surface area (Å²) in [6.45, 7) is 5.42. The fourth-order valence-corrected chi connectivity index (χ4v) is 4.78. The van der Waals surface area contributed by atoms with E-state index < -0.39 is 0 Å². The van der Waals surface area contributed by atoms with Gasteiger partial charge in [0, 0.05) is 5.56 Å². The molecule has 0 aliphatic carbocycles. The van der Waals surface area contributed by atoms with E-state index in [-0.39, 0.29) is 5.91 Å². The number of carbonyl (C=O) groups excluding carboxylic acids is 1. The average Bonchev–Trinajstić information content (AvgIpc) is 2.95. The Morgan fingerprint density at radius 1 is 0.923 bits per heavy atom. The highest BCUT2D eigenvalue weighted by Gasteiger charge is 2.14. The number of hydrazone groups is 1. The van der Waals surface area contributed by atoms with E-state index in [9.17, 15) is 4.79 Å². The molecule has 39 heavy (non-hydrogen) atoms. The van der Waals surface area contributed by atoms with Gasteiger partial charge in [0.25, 0.3) is 5.91 Å². The van der Waals surface area contributed by atoms with Crippen LogP contribution in [0.4, 0.5) is 0 Å². The Kier molecular flexibility index (Phi) is 10.0. The van der Waals surface area contributed by atoms with E-state index in [1.165, 1.54) is 5.39 Å². The van der Waals surface area contributed by atoms with Crippen molar-refractivity contribution in [2.45, 2.75) is 26.9 Å². The maximum atomic E-state index is 12.7. The number of fused-ring (bicyclic) bond motifs is 1. The van der Waals surface area contributed by atoms with Crippen molar-refractivity contribution in [1.29, 1.82) is 0 Å². The molecule has 8 heteroatoms. The SMILES string of the molecule is CCCOc1ccc(C(=O)N/N=C/c2cc(I)c(OCc3cccc4ccccc34)c(OCC)c2)cc1OC. The second kappa shape index (κ2) is 13.8. The van der Waals surface area contributed by atoms with Crippen LogP contribution in [0.25, 0.3) is 10.8 Å². The van der Waals surface area contributed by atoms with Crippen LogP contribution in [0.15, 0.2) is 77.9 Å². The van der Waals surface area contributed by atoms with Crippen molar-refractivity contribution in [3.63, 3.8) is 0 Å². The second-order valence-electron chi connectivity index (χ2n) is 8.60.